The minimum absolute atomic E-state index is 0.0547. The van der Waals surface area contributed by atoms with Gasteiger partial charge in [0.25, 0.3) is 5.91 Å². The first-order chi connectivity index (χ1) is 16.0. The molecule has 0 aliphatic heterocycles. The van der Waals surface area contributed by atoms with Gasteiger partial charge in [0.1, 0.15) is 6.04 Å². The lowest BCUT2D eigenvalue weighted by atomic mass is 10.1. The molecule has 0 radical (unpaired) electrons. The lowest BCUT2D eigenvalue weighted by molar-refractivity contribution is -0.142. The second-order valence-corrected chi connectivity index (χ2v) is 7.60. The number of rotatable bonds is 9. The molecule has 3 rings (SSSR count). The van der Waals surface area contributed by atoms with Gasteiger partial charge in [-0.15, -0.1) is 0 Å². The smallest absolute Gasteiger partial charge is 0.330 e. The van der Waals surface area contributed by atoms with Crippen molar-refractivity contribution in [2.45, 2.75) is 24.9 Å². The lowest BCUT2D eigenvalue weighted by Gasteiger charge is -2.17. The van der Waals surface area contributed by atoms with Crippen molar-refractivity contribution in [1.29, 1.82) is 0 Å². The third kappa shape index (κ3) is 8.28. The Morgan fingerprint density at radius 1 is 1.09 bits per heavy atom. The second-order valence-electron chi connectivity index (χ2n) is 7.60. The maximum Gasteiger partial charge on any atom is 0.330 e. The Kier molecular flexibility index (Phi) is 8.80. The molecule has 0 saturated heterocycles. The molecule has 2 amide bonds. The van der Waals surface area contributed by atoms with E-state index in [0.717, 1.165) is 24.0 Å². The summed E-state index contributed by atoms with van der Waals surface area (Å²) in [4.78, 5) is 36.5. The van der Waals surface area contributed by atoms with Crippen molar-refractivity contribution < 1.29 is 19.1 Å². The molecule has 1 fully saturated rings. The van der Waals surface area contributed by atoms with Gasteiger partial charge in [0, 0.05) is 23.7 Å². The fourth-order valence-electron chi connectivity index (χ4n) is 2.91. The summed E-state index contributed by atoms with van der Waals surface area (Å²) >= 11 is 0. The van der Waals surface area contributed by atoms with E-state index in [4.69, 9.17) is 4.74 Å². The maximum atomic E-state index is 12.6. The molecule has 2 aromatic carbocycles. The number of ether oxygens (including phenoxy) is 1. The second kappa shape index (κ2) is 12.2. The standard InChI is InChI=1S/C26H27N3O4/c1-33-26(32)23(17-28-24(30)18-27-22-15-16-22)29-25(31)21-13-11-20(12-14-21)10-6-5-9-19-7-3-2-4-8-19/h2-5,7-9,11-14,22-23,27H,15-18H2,1H3,(H,28,30)(H,29,31). The molecule has 33 heavy (non-hydrogen) atoms. The average Bonchev–Trinajstić information content (AvgIpc) is 3.68. The van der Waals surface area contributed by atoms with Crippen molar-refractivity contribution in [3.8, 4) is 11.8 Å². The summed E-state index contributed by atoms with van der Waals surface area (Å²) in [5.41, 5.74) is 2.19. The molecule has 0 spiro atoms. The minimum atomic E-state index is -0.991. The third-order valence-corrected chi connectivity index (χ3v) is 4.95. The zero-order valence-electron chi connectivity index (χ0n) is 18.5. The van der Waals surface area contributed by atoms with Crippen molar-refractivity contribution in [3.63, 3.8) is 0 Å². The Balaban J connectivity index is 1.52. The number of hydrogen-bond donors (Lipinski definition) is 3. The first-order valence-corrected chi connectivity index (χ1v) is 10.8. The van der Waals surface area contributed by atoms with Gasteiger partial charge in [0.2, 0.25) is 5.91 Å². The van der Waals surface area contributed by atoms with Crippen molar-refractivity contribution in [1.82, 2.24) is 16.0 Å². The summed E-state index contributed by atoms with van der Waals surface area (Å²) in [7, 11) is 1.23. The normalized spacial score (nSPS) is 13.5. The van der Waals surface area contributed by atoms with E-state index >= 15 is 0 Å². The molecule has 1 atom stereocenters. The molecule has 3 N–H and O–H groups in total. The Morgan fingerprint density at radius 3 is 2.48 bits per heavy atom. The molecule has 1 aliphatic carbocycles. The number of carbonyl (C=O) groups is 3. The average molecular weight is 446 g/mol. The van der Waals surface area contributed by atoms with Crippen LogP contribution in [0.1, 0.15) is 34.3 Å². The topological polar surface area (TPSA) is 96.5 Å². The van der Waals surface area contributed by atoms with Gasteiger partial charge in [0.05, 0.1) is 13.7 Å². The van der Waals surface area contributed by atoms with Gasteiger partial charge in [-0.1, -0.05) is 42.2 Å². The van der Waals surface area contributed by atoms with Crippen LogP contribution in [0.3, 0.4) is 0 Å². The molecule has 2 aromatic rings. The van der Waals surface area contributed by atoms with Gasteiger partial charge in [-0.2, -0.15) is 0 Å². The van der Waals surface area contributed by atoms with Gasteiger partial charge in [-0.05, 0) is 54.8 Å². The number of amides is 2. The van der Waals surface area contributed by atoms with Crippen LogP contribution < -0.4 is 16.0 Å². The molecule has 7 nitrogen and oxygen atoms in total. The maximum absolute atomic E-state index is 12.6. The molecule has 1 aliphatic rings. The molecule has 1 saturated carbocycles. The molecule has 0 aromatic heterocycles. The summed E-state index contributed by atoms with van der Waals surface area (Å²) in [6, 6.07) is 16.0. The largest absolute Gasteiger partial charge is 0.467 e. The summed E-state index contributed by atoms with van der Waals surface area (Å²) in [5.74, 6) is 4.66. The first kappa shape index (κ1) is 23.8. The summed E-state index contributed by atoms with van der Waals surface area (Å²) < 4.78 is 4.75. The van der Waals surface area contributed by atoms with Crippen LogP contribution in [0.5, 0.6) is 0 Å². The van der Waals surface area contributed by atoms with E-state index in [1.807, 2.05) is 36.4 Å². The molecule has 7 heteroatoms. The van der Waals surface area contributed by atoms with E-state index in [1.54, 1.807) is 30.3 Å². The van der Waals surface area contributed by atoms with E-state index in [9.17, 15) is 14.4 Å². The quantitative estimate of drug-likeness (QED) is 0.405. The predicted octanol–water partition coefficient (Wildman–Crippen LogP) is 1.89. The number of methoxy groups -OCH3 is 1. The van der Waals surface area contributed by atoms with Gasteiger partial charge in [-0.25, -0.2) is 4.79 Å². The van der Waals surface area contributed by atoms with Crippen molar-refractivity contribution >= 4 is 23.9 Å². The van der Waals surface area contributed by atoms with Crippen LogP contribution in [0.25, 0.3) is 6.08 Å². The van der Waals surface area contributed by atoms with E-state index in [0.29, 0.717) is 11.6 Å². The van der Waals surface area contributed by atoms with Crippen molar-refractivity contribution in [2.24, 2.45) is 0 Å². The number of hydrogen-bond acceptors (Lipinski definition) is 5. The van der Waals surface area contributed by atoms with E-state index < -0.39 is 17.9 Å². The molecular formula is C26H27N3O4. The van der Waals surface area contributed by atoms with E-state index in [1.165, 1.54) is 7.11 Å². The van der Waals surface area contributed by atoms with Crippen LogP contribution in [-0.2, 0) is 14.3 Å². The van der Waals surface area contributed by atoms with E-state index in [2.05, 4.69) is 27.8 Å². The Morgan fingerprint density at radius 2 is 1.82 bits per heavy atom. The Bertz CT molecular complexity index is 1050. The summed E-state index contributed by atoms with van der Waals surface area (Å²) in [5, 5.41) is 8.35. The molecule has 1 unspecified atom stereocenters. The minimum Gasteiger partial charge on any atom is -0.467 e. The third-order valence-electron chi connectivity index (χ3n) is 4.95. The van der Waals surface area contributed by atoms with Crippen LogP contribution in [0.2, 0.25) is 0 Å². The number of allylic oxidation sites excluding steroid dienone is 1. The molecule has 170 valence electrons. The SMILES string of the molecule is COC(=O)C(CNC(=O)CNC1CC1)NC(=O)c1ccc(C#CC=Cc2ccccc2)cc1. The zero-order chi connectivity index (χ0) is 23.5. The highest BCUT2D eigenvalue weighted by molar-refractivity contribution is 5.97. The van der Waals surface area contributed by atoms with Gasteiger partial charge in [0.15, 0.2) is 0 Å². The lowest BCUT2D eigenvalue weighted by Crippen LogP contribution is -2.50. The number of carbonyl (C=O) groups excluding carboxylic acids is 3. The monoisotopic (exact) mass is 445 g/mol. The van der Waals surface area contributed by atoms with Crippen LogP contribution >= 0.6 is 0 Å². The van der Waals surface area contributed by atoms with Crippen molar-refractivity contribution in [3.05, 3.63) is 77.4 Å². The summed E-state index contributed by atoms with van der Waals surface area (Å²) in [6.45, 7) is 0.121. The Labute approximate surface area is 193 Å². The number of benzene rings is 2. The molecule has 0 heterocycles. The first-order valence-electron chi connectivity index (χ1n) is 10.8. The van der Waals surface area contributed by atoms with E-state index in [-0.39, 0.29) is 19.0 Å². The van der Waals surface area contributed by atoms with Gasteiger partial charge >= 0.3 is 5.97 Å². The van der Waals surface area contributed by atoms with Crippen molar-refractivity contribution in [2.75, 3.05) is 20.2 Å². The van der Waals surface area contributed by atoms with Gasteiger partial charge in [-0.3, -0.25) is 9.59 Å². The van der Waals surface area contributed by atoms with Crippen LogP contribution in [0.4, 0.5) is 0 Å². The highest BCUT2D eigenvalue weighted by Crippen LogP contribution is 2.17. The predicted molar refractivity (Wildman–Crippen MR) is 126 cm³/mol. The Hall–Kier alpha value is -3.89. The molecular weight excluding hydrogens is 418 g/mol. The fourth-order valence-corrected chi connectivity index (χ4v) is 2.91. The number of esters is 1. The summed E-state index contributed by atoms with van der Waals surface area (Å²) in [6.07, 6.45) is 5.83. The van der Waals surface area contributed by atoms with Crippen LogP contribution in [0.15, 0.2) is 60.7 Å². The fraction of sp³-hybridized carbons (Fsp3) is 0.269. The zero-order valence-corrected chi connectivity index (χ0v) is 18.5. The van der Waals surface area contributed by atoms with Crippen LogP contribution in [-0.4, -0.2) is 50.1 Å². The van der Waals surface area contributed by atoms with Crippen LogP contribution in [0, 0.1) is 11.8 Å². The highest BCUT2D eigenvalue weighted by atomic mass is 16.5. The highest BCUT2D eigenvalue weighted by Gasteiger charge is 2.24. The number of nitrogens with one attached hydrogen (secondary N) is 3. The molecule has 0 bridgehead atoms. The van der Waals surface area contributed by atoms with Gasteiger partial charge < -0.3 is 20.7 Å².